The Morgan fingerprint density at radius 2 is 1.85 bits per heavy atom. The summed E-state index contributed by atoms with van der Waals surface area (Å²) in [4.78, 5) is 48.3. The van der Waals surface area contributed by atoms with Gasteiger partial charge in [0.1, 0.15) is 18.2 Å². The van der Waals surface area contributed by atoms with Gasteiger partial charge in [0, 0.05) is 41.9 Å². The lowest BCUT2D eigenvalue weighted by atomic mass is 9.86. The number of halogens is 1. The van der Waals surface area contributed by atoms with E-state index in [-0.39, 0.29) is 18.0 Å². The van der Waals surface area contributed by atoms with Crippen molar-refractivity contribution in [1.82, 2.24) is 10.6 Å². The van der Waals surface area contributed by atoms with Gasteiger partial charge in [-0.25, -0.2) is 9.59 Å². The second-order valence-electron chi connectivity index (χ2n) is 11.1. The fourth-order valence-electron chi connectivity index (χ4n) is 3.87. The molecule has 226 valence electrons. The first-order valence-electron chi connectivity index (χ1n) is 13.5. The summed E-state index contributed by atoms with van der Waals surface area (Å²) in [6.45, 7) is 12.9. The summed E-state index contributed by atoms with van der Waals surface area (Å²) in [5.41, 5.74) is 6.15. The second kappa shape index (κ2) is 17.3. The highest BCUT2D eigenvalue weighted by molar-refractivity contribution is 6.29. The van der Waals surface area contributed by atoms with E-state index >= 15 is 0 Å². The van der Waals surface area contributed by atoms with Crippen LogP contribution in [0.3, 0.4) is 0 Å². The van der Waals surface area contributed by atoms with Crippen LogP contribution in [0.5, 0.6) is 0 Å². The van der Waals surface area contributed by atoms with Crippen molar-refractivity contribution in [1.29, 1.82) is 0 Å². The van der Waals surface area contributed by atoms with Crippen LogP contribution in [0.4, 0.5) is 4.79 Å². The fourth-order valence-corrected chi connectivity index (χ4v) is 3.95. The minimum Gasteiger partial charge on any atom is -0.458 e. The van der Waals surface area contributed by atoms with Crippen LogP contribution in [0, 0.1) is 11.3 Å². The highest BCUT2D eigenvalue weighted by Gasteiger charge is 2.32. The number of carbonyl (C=O) groups is 4. The number of cyclic esters (lactones) is 1. The van der Waals surface area contributed by atoms with Crippen molar-refractivity contribution in [2.24, 2.45) is 17.1 Å². The number of nitrogens with one attached hydrogen (secondary N) is 2. The van der Waals surface area contributed by atoms with Crippen molar-refractivity contribution < 1.29 is 28.7 Å². The number of carbonyl (C=O) groups excluding carboxylic acids is 4. The van der Waals surface area contributed by atoms with Crippen LogP contribution in [0.15, 0.2) is 71.0 Å². The molecule has 10 heteroatoms. The molecule has 0 aromatic carbocycles. The molecule has 1 rings (SSSR count). The van der Waals surface area contributed by atoms with E-state index in [0.717, 1.165) is 5.57 Å². The number of nitrogens with two attached hydrogens (primary N) is 1. The van der Waals surface area contributed by atoms with E-state index in [1.54, 1.807) is 38.2 Å². The molecule has 0 fully saturated rings. The summed E-state index contributed by atoms with van der Waals surface area (Å²) >= 11 is 5.84. The van der Waals surface area contributed by atoms with Gasteiger partial charge >= 0.3 is 12.1 Å². The summed E-state index contributed by atoms with van der Waals surface area (Å²) in [6, 6.07) is -0.814. The van der Waals surface area contributed by atoms with Gasteiger partial charge in [-0.3, -0.25) is 9.59 Å². The Morgan fingerprint density at radius 3 is 2.44 bits per heavy atom. The Bertz CT molecular complexity index is 1120. The minimum atomic E-state index is -0.897. The standard InChI is InChI=1S/C31H44ClN3O6/c1-20(19-22(3)25-17-14-21(2)29(38)41-25)11-8-9-13-26(36)35-27(31(5,6)7)28(37)34-18-10-12-24(40-30(33)39)16-15-23(4)32/h8-11,13-15,18-19,22,24-25,27H,12,16-17H2,1-7H3,(H2,33,39)(H,34,37)(H,35,36)/b11-8-,13-9+,18-10-,20-19+,23-15+. The zero-order chi connectivity index (χ0) is 31.2. The number of rotatable bonds is 13. The molecule has 0 aromatic heterocycles. The van der Waals surface area contributed by atoms with E-state index < -0.39 is 35.5 Å². The quantitative estimate of drug-likeness (QED) is 0.148. The van der Waals surface area contributed by atoms with E-state index in [1.165, 1.54) is 12.3 Å². The van der Waals surface area contributed by atoms with Gasteiger partial charge in [-0.2, -0.15) is 0 Å². The zero-order valence-electron chi connectivity index (χ0n) is 25.0. The molecule has 1 heterocycles. The van der Waals surface area contributed by atoms with Crippen molar-refractivity contribution in [3.8, 4) is 0 Å². The molecule has 41 heavy (non-hydrogen) atoms. The third-order valence-corrected chi connectivity index (χ3v) is 6.32. The van der Waals surface area contributed by atoms with Crippen LogP contribution >= 0.6 is 11.6 Å². The molecule has 3 amide bonds. The fraction of sp³-hybridized carbons (Fsp3) is 0.484. The van der Waals surface area contributed by atoms with Crippen LogP contribution in [0.25, 0.3) is 0 Å². The van der Waals surface area contributed by atoms with Crippen LogP contribution < -0.4 is 16.4 Å². The SMILES string of the molecule is CC1=CCC(C(C)/C=C(C)/C=C\C=C\C(=O)NC(C(=O)N/C=C\CC(C/C=C(\C)Cl)OC(N)=O)C(C)(C)C)OC1=O. The van der Waals surface area contributed by atoms with Gasteiger partial charge < -0.3 is 25.8 Å². The first-order valence-corrected chi connectivity index (χ1v) is 13.9. The maximum atomic E-state index is 12.9. The molecule has 4 N–H and O–H groups in total. The third-order valence-electron chi connectivity index (χ3n) is 6.17. The van der Waals surface area contributed by atoms with E-state index in [0.29, 0.717) is 29.9 Å². The molecule has 0 radical (unpaired) electrons. The molecule has 4 unspecified atom stereocenters. The highest BCUT2D eigenvalue weighted by atomic mass is 35.5. The number of esters is 1. The Balaban J connectivity index is 2.70. The molecule has 0 aliphatic carbocycles. The molecule has 9 nitrogen and oxygen atoms in total. The monoisotopic (exact) mass is 589 g/mol. The van der Waals surface area contributed by atoms with Crippen LogP contribution in [0.1, 0.15) is 67.7 Å². The topological polar surface area (TPSA) is 137 Å². The molecule has 0 saturated heterocycles. The van der Waals surface area contributed by atoms with Gasteiger partial charge in [0.25, 0.3) is 0 Å². The lowest BCUT2D eigenvalue weighted by molar-refractivity contribution is -0.147. The highest BCUT2D eigenvalue weighted by Crippen LogP contribution is 2.22. The van der Waals surface area contributed by atoms with Gasteiger partial charge in [0.05, 0.1) is 0 Å². The minimum absolute atomic E-state index is 0.0357. The van der Waals surface area contributed by atoms with Crippen molar-refractivity contribution >= 4 is 35.5 Å². The lowest BCUT2D eigenvalue weighted by Crippen LogP contribution is -2.52. The molecular formula is C31H44ClN3O6. The molecular weight excluding hydrogens is 546 g/mol. The summed E-state index contributed by atoms with van der Waals surface area (Å²) in [5, 5.41) is 5.99. The average Bonchev–Trinajstić information content (AvgIpc) is 2.86. The molecule has 0 bridgehead atoms. The maximum absolute atomic E-state index is 12.9. The normalized spacial score (nSPS) is 19.1. The Morgan fingerprint density at radius 1 is 1.20 bits per heavy atom. The van der Waals surface area contributed by atoms with E-state index in [9.17, 15) is 19.2 Å². The molecule has 0 spiro atoms. The maximum Gasteiger partial charge on any atom is 0.404 e. The van der Waals surface area contributed by atoms with Crippen molar-refractivity contribution in [2.45, 2.75) is 86.0 Å². The first-order chi connectivity index (χ1) is 19.1. The molecule has 0 aromatic rings. The third kappa shape index (κ3) is 14.6. The molecule has 4 atom stereocenters. The summed E-state index contributed by atoms with van der Waals surface area (Å²) < 4.78 is 10.5. The van der Waals surface area contributed by atoms with Gasteiger partial charge in [-0.15, -0.1) is 0 Å². The summed E-state index contributed by atoms with van der Waals surface area (Å²) in [6.07, 6.45) is 15.0. The number of hydrogen-bond donors (Lipinski definition) is 3. The van der Waals surface area contributed by atoms with Crippen molar-refractivity contribution in [3.05, 3.63) is 71.0 Å². The molecule has 0 saturated carbocycles. The smallest absolute Gasteiger partial charge is 0.404 e. The van der Waals surface area contributed by atoms with Gasteiger partial charge in [0.2, 0.25) is 11.8 Å². The number of allylic oxidation sites excluding steroid dienone is 5. The number of amides is 3. The molecule has 1 aliphatic heterocycles. The lowest BCUT2D eigenvalue weighted by Gasteiger charge is -2.29. The largest absolute Gasteiger partial charge is 0.458 e. The van der Waals surface area contributed by atoms with Gasteiger partial charge in [-0.1, -0.05) is 87.4 Å². The number of hydrogen-bond acceptors (Lipinski definition) is 6. The Kier molecular flexibility index (Phi) is 14.9. The predicted octanol–water partition coefficient (Wildman–Crippen LogP) is 5.49. The van der Waals surface area contributed by atoms with Crippen LogP contribution in [0.2, 0.25) is 0 Å². The average molecular weight is 590 g/mol. The predicted molar refractivity (Wildman–Crippen MR) is 161 cm³/mol. The second-order valence-corrected chi connectivity index (χ2v) is 11.7. The van der Waals surface area contributed by atoms with Crippen LogP contribution in [-0.2, 0) is 23.9 Å². The van der Waals surface area contributed by atoms with Crippen molar-refractivity contribution in [3.63, 3.8) is 0 Å². The zero-order valence-corrected chi connectivity index (χ0v) is 25.8. The molecule has 1 aliphatic rings. The van der Waals surface area contributed by atoms with Gasteiger partial charge in [0.15, 0.2) is 0 Å². The summed E-state index contributed by atoms with van der Waals surface area (Å²) in [5.74, 6) is -1.06. The number of primary amides is 1. The van der Waals surface area contributed by atoms with E-state index in [2.05, 4.69) is 10.6 Å². The van der Waals surface area contributed by atoms with Crippen LogP contribution in [-0.4, -0.2) is 42.1 Å². The van der Waals surface area contributed by atoms with Crippen molar-refractivity contribution in [2.75, 3.05) is 0 Å². The Labute approximate surface area is 248 Å². The Hall–Kier alpha value is -3.59. The summed E-state index contributed by atoms with van der Waals surface area (Å²) in [7, 11) is 0. The van der Waals surface area contributed by atoms with Gasteiger partial charge in [-0.05, 0) is 32.4 Å². The first kappa shape index (κ1) is 35.4. The van der Waals surface area contributed by atoms with E-state index in [1.807, 2.05) is 52.8 Å². The number of ether oxygens (including phenoxy) is 2. The van der Waals surface area contributed by atoms with E-state index in [4.69, 9.17) is 26.8 Å².